The van der Waals surface area contributed by atoms with Gasteiger partial charge in [-0.05, 0) is 68.5 Å². The molecule has 1 amide bonds. The highest BCUT2D eigenvalue weighted by Gasteiger charge is 2.15. The fraction of sp³-hybridized carbons (Fsp3) is 0.364. The van der Waals surface area contributed by atoms with Crippen molar-refractivity contribution in [3.63, 3.8) is 0 Å². The largest absolute Gasteiger partial charge is 0.486 e. The zero-order valence-electron chi connectivity index (χ0n) is 16.1. The van der Waals surface area contributed by atoms with Crippen molar-refractivity contribution in [3.05, 3.63) is 69.3 Å². The van der Waals surface area contributed by atoms with Crippen LogP contribution >= 0.6 is 11.3 Å². The van der Waals surface area contributed by atoms with E-state index in [0.717, 1.165) is 25.7 Å². The standard InChI is InChI=1S/C22H23FN2O3S/c23-15-7-9-16(10-8-15)27-14-17-11-12-19(28-17)22(26)24-13-3-6-21-25-18-4-1-2-5-20(18)29-21/h7-12H,1-6,13-14H2,(H,24,26). The molecule has 0 saturated heterocycles. The second-order valence-electron chi connectivity index (χ2n) is 7.05. The Labute approximate surface area is 172 Å². The second-order valence-corrected chi connectivity index (χ2v) is 8.22. The summed E-state index contributed by atoms with van der Waals surface area (Å²) < 4.78 is 24.0. The van der Waals surface area contributed by atoms with Gasteiger partial charge >= 0.3 is 0 Å². The van der Waals surface area contributed by atoms with E-state index >= 15 is 0 Å². The summed E-state index contributed by atoms with van der Waals surface area (Å²) in [6, 6.07) is 9.09. The third-order valence-electron chi connectivity index (χ3n) is 4.82. The topological polar surface area (TPSA) is 64.4 Å². The van der Waals surface area contributed by atoms with E-state index in [-0.39, 0.29) is 24.1 Å². The number of nitrogens with zero attached hydrogens (tertiary/aromatic N) is 1. The molecule has 2 aromatic heterocycles. The number of ether oxygens (including phenoxy) is 1. The van der Waals surface area contributed by atoms with Gasteiger partial charge in [0.2, 0.25) is 0 Å². The van der Waals surface area contributed by atoms with Gasteiger partial charge in [-0.2, -0.15) is 0 Å². The third kappa shape index (κ3) is 5.23. The Bertz CT molecular complexity index is 941. The fourth-order valence-electron chi connectivity index (χ4n) is 3.30. The highest BCUT2D eigenvalue weighted by Crippen LogP contribution is 2.27. The van der Waals surface area contributed by atoms with Crippen LogP contribution in [-0.2, 0) is 25.9 Å². The number of hydrogen-bond donors (Lipinski definition) is 1. The second kappa shape index (κ2) is 9.22. The lowest BCUT2D eigenvalue weighted by Gasteiger charge is -2.06. The van der Waals surface area contributed by atoms with Crippen molar-refractivity contribution in [1.29, 1.82) is 0 Å². The average Bonchev–Trinajstić information content (AvgIpc) is 3.37. The molecule has 0 fully saturated rings. The summed E-state index contributed by atoms with van der Waals surface area (Å²) in [5, 5.41) is 4.06. The van der Waals surface area contributed by atoms with Gasteiger partial charge in [-0.3, -0.25) is 4.79 Å². The van der Waals surface area contributed by atoms with Crippen molar-refractivity contribution >= 4 is 17.2 Å². The average molecular weight is 415 g/mol. The molecule has 0 spiro atoms. The molecular formula is C22H23FN2O3S. The van der Waals surface area contributed by atoms with E-state index in [2.05, 4.69) is 5.32 Å². The van der Waals surface area contributed by atoms with Crippen LogP contribution in [0.3, 0.4) is 0 Å². The van der Waals surface area contributed by atoms with Crippen LogP contribution < -0.4 is 10.1 Å². The molecule has 0 atom stereocenters. The highest BCUT2D eigenvalue weighted by atomic mass is 32.1. The molecule has 152 valence electrons. The molecule has 29 heavy (non-hydrogen) atoms. The molecule has 1 aliphatic carbocycles. The minimum Gasteiger partial charge on any atom is -0.486 e. The number of carbonyl (C=O) groups excluding carboxylic acids is 1. The van der Waals surface area contributed by atoms with Crippen LogP contribution in [0.4, 0.5) is 4.39 Å². The van der Waals surface area contributed by atoms with Crippen molar-refractivity contribution in [2.45, 2.75) is 45.1 Å². The summed E-state index contributed by atoms with van der Waals surface area (Å²) in [6.07, 6.45) is 6.51. The number of carbonyl (C=O) groups is 1. The summed E-state index contributed by atoms with van der Waals surface area (Å²) in [7, 11) is 0. The number of nitrogens with one attached hydrogen (secondary N) is 1. The van der Waals surface area contributed by atoms with Gasteiger partial charge < -0.3 is 14.5 Å². The zero-order chi connectivity index (χ0) is 20.1. The summed E-state index contributed by atoms with van der Waals surface area (Å²) in [5.74, 6) is 0.776. The van der Waals surface area contributed by atoms with Crippen LogP contribution in [0, 0.1) is 5.82 Å². The number of thiazole rings is 1. The predicted molar refractivity (Wildman–Crippen MR) is 109 cm³/mol. The SMILES string of the molecule is O=C(NCCCc1nc2c(s1)CCCC2)c1ccc(COc2ccc(F)cc2)o1. The molecule has 5 nitrogen and oxygen atoms in total. The quantitative estimate of drug-likeness (QED) is 0.543. The highest BCUT2D eigenvalue weighted by molar-refractivity contribution is 7.11. The number of halogens is 1. The van der Waals surface area contributed by atoms with Crippen LogP contribution in [-0.4, -0.2) is 17.4 Å². The van der Waals surface area contributed by atoms with Crippen LogP contribution in [0.1, 0.15) is 51.2 Å². The number of rotatable bonds is 8. The first kappa shape index (κ1) is 19.6. The van der Waals surface area contributed by atoms with E-state index in [1.807, 2.05) is 11.3 Å². The van der Waals surface area contributed by atoms with Gasteiger partial charge in [-0.15, -0.1) is 11.3 Å². The molecule has 0 saturated carbocycles. The molecule has 2 heterocycles. The Kier molecular flexibility index (Phi) is 6.24. The summed E-state index contributed by atoms with van der Waals surface area (Å²) in [4.78, 5) is 18.4. The fourth-order valence-corrected chi connectivity index (χ4v) is 4.50. The van der Waals surface area contributed by atoms with Crippen molar-refractivity contribution in [2.24, 2.45) is 0 Å². The lowest BCUT2D eigenvalue weighted by molar-refractivity contribution is 0.0921. The van der Waals surface area contributed by atoms with Crippen molar-refractivity contribution in [2.75, 3.05) is 6.54 Å². The lowest BCUT2D eigenvalue weighted by atomic mass is 10.0. The molecule has 1 aliphatic rings. The molecule has 0 bridgehead atoms. The minimum atomic E-state index is -0.316. The molecule has 1 N–H and O–H groups in total. The maximum absolute atomic E-state index is 12.9. The van der Waals surface area contributed by atoms with Crippen molar-refractivity contribution < 1.29 is 18.3 Å². The Balaban J connectivity index is 1.20. The minimum absolute atomic E-state index is 0.174. The maximum Gasteiger partial charge on any atom is 0.286 e. The van der Waals surface area contributed by atoms with Crippen LogP contribution in [0.2, 0.25) is 0 Å². The number of amides is 1. The van der Waals surface area contributed by atoms with Gasteiger partial charge in [-0.1, -0.05) is 0 Å². The number of benzene rings is 1. The van der Waals surface area contributed by atoms with Gasteiger partial charge in [-0.25, -0.2) is 9.37 Å². The predicted octanol–water partition coefficient (Wildman–Crippen LogP) is 4.70. The van der Waals surface area contributed by atoms with Crippen molar-refractivity contribution in [3.8, 4) is 5.75 Å². The van der Waals surface area contributed by atoms with Gasteiger partial charge in [0.05, 0.1) is 10.7 Å². The number of furan rings is 1. The smallest absolute Gasteiger partial charge is 0.286 e. The van der Waals surface area contributed by atoms with Crippen LogP contribution in [0.25, 0.3) is 0 Å². The van der Waals surface area contributed by atoms with Crippen LogP contribution in [0.15, 0.2) is 40.8 Å². The van der Waals surface area contributed by atoms with Crippen LogP contribution in [0.5, 0.6) is 5.75 Å². The number of hydrogen-bond acceptors (Lipinski definition) is 5. The number of aromatic nitrogens is 1. The Morgan fingerprint density at radius 1 is 1.17 bits per heavy atom. The monoisotopic (exact) mass is 414 g/mol. The maximum atomic E-state index is 12.9. The summed E-state index contributed by atoms with van der Waals surface area (Å²) >= 11 is 1.82. The van der Waals surface area contributed by atoms with E-state index in [9.17, 15) is 9.18 Å². The van der Waals surface area contributed by atoms with E-state index in [1.54, 1.807) is 24.3 Å². The molecular weight excluding hydrogens is 391 g/mol. The Hall–Kier alpha value is -2.67. The lowest BCUT2D eigenvalue weighted by Crippen LogP contribution is -2.24. The van der Waals surface area contributed by atoms with E-state index in [1.165, 1.54) is 40.6 Å². The Morgan fingerprint density at radius 3 is 2.83 bits per heavy atom. The molecule has 1 aromatic carbocycles. The zero-order valence-corrected chi connectivity index (χ0v) is 16.9. The molecule has 0 aliphatic heterocycles. The molecule has 0 radical (unpaired) electrons. The van der Waals surface area contributed by atoms with Crippen molar-refractivity contribution in [1.82, 2.24) is 10.3 Å². The Morgan fingerprint density at radius 2 is 2.00 bits per heavy atom. The normalized spacial score (nSPS) is 13.1. The number of fused-ring (bicyclic) bond motifs is 1. The molecule has 3 aromatic rings. The third-order valence-corrected chi connectivity index (χ3v) is 6.04. The van der Waals surface area contributed by atoms with E-state index in [0.29, 0.717) is 18.1 Å². The van der Waals surface area contributed by atoms with E-state index in [4.69, 9.17) is 14.1 Å². The first-order valence-electron chi connectivity index (χ1n) is 9.90. The van der Waals surface area contributed by atoms with Gasteiger partial charge in [0, 0.05) is 17.8 Å². The molecule has 0 unspecified atom stereocenters. The first-order valence-corrected chi connectivity index (χ1v) is 10.7. The van der Waals surface area contributed by atoms with E-state index < -0.39 is 0 Å². The summed E-state index contributed by atoms with van der Waals surface area (Å²) in [6.45, 7) is 0.749. The molecule has 4 rings (SSSR count). The van der Waals surface area contributed by atoms with Gasteiger partial charge in [0.25, 0.3) is 5.91 Å². The van der Waals surface area contributed by atoms with Gasteiger partial charge in [0.15, 0.2) is 5.76 Å². The summed E-state index contributed by atoms with van der Waals surface area (Å²) in [5.41, 5.74) is 1.28. The van der Waals surface area contributed by atoms with Gasteiger partial charge in [0.1, 0.15) is 23.9 Å². The number of aryl methyl sites for hydroxylation is 3. The molecule has 7 heteroatoms. The first-order chi connectivity index (χ1) is 14.2.